The van der Waals surface area contributed by atoms with E-state index in [1.54, 1.807) is 0 Å². The molecular weight excluding hydrogens is 272 g/mol. The Morgan fingerprint density at radius 1 is 1.05 bits per heavy atom. The van der Waals surface area contributed by atoms with E-state index < -0.39 is 0 Å². The van der Waals surface area contributed by atoms with Crippen LogP contribution in [0.4, 0.5) is 0 Å². The molecule has 0 aliphatic heterocycles. The maximum Gasteiger partial charge on any atom is 0.0233 e. The SMILES string of the molecule is CCCCc1ccc(CC(CNCCN)NCCNC)cc1. The van der Waals surface area contributed by atoms with Gasteiger partial charge < -0.3 is 21.7 Å². The topological polar surface area (TPSA) is 62.1 Å². The number of nitrogens with two attached hydrogens (primary N) is 1. The summed E-state index contributed by atoms with van der Waals surface area (Å²) in [6.45, 7) is 6.74. The number of benzene rings is 1. The van der Waals surface area contributed by atoms with E-state index in [9.17, 15) is 0 Å². The molecule has 5 N–H and O–H groups in total. The highest BCUT2D eigenvalue weighted by Crippen LogP contribution is 2.09. The highest BCUT2D eigenvalue weighted by molar-refractivity contribution is 5.23. The average molecular weight is 306 g/mol. The van der Waals surface area contributed by atoms with Gasteiger partial charge in [0, 0.05) is 38.8 Å². The molecule has 0 radical (unpaired) electrons. The minimum atomic E-state index is 0.446. The van der Waals surface area contributed by atoms with Crippen LogP contribution in [0.2, 0.25) is 0 Å². The van der Waals surface area contributed by atoms with E-state index in [1.165, 1.54) is 30.4 Å². The smallest absolute Gasteiger partial charge is 0.0233 e. The van der Waals surface area contributed by atoms with E-state index in [2.05, 4.69) is 47.1 Å². The van der Waals surface area contributed by atoms with Gasteiger partial charge >= 0.3 is 0 Å². The molecule has 0 saturated heterocycles. The molecule has 1 aromatic rings. The second kappa shape index (κ2) is 12.6. The first-order valence-electron chi connectivity index (χ1n) is 8.66. The summed E-state index contributed by atoms with van der Waals surface area (Å²) in [6.07, 6.45) is 4.77. The Kier molecular flexibility index (Phi) is 10.9. The van der Waals surface area contributed by atoms with Crippen LogP contribution < -0.4 is 21.7 Å². The number of likely N-dealkylation sites (N-methyl/N-ethyl adjacent to an activating group) is 1. The van der Waals surface area contributed by atoms with Crippen molar-refractivity contribution in [1.29, 1.82) is 0 Å². The summed E-state index contributed by atoms with van der Waals surface area (Å²) < 4.78 is 0. The van der Waals surface area contributed by atoms with Crippen molar-refractivity contribution in [3.8, 4) is 0 Å². The zero-order valence-corrected chi connectivity index (χ0v) is 14.3. The number of hydrogen-bond donors (Lipinski definition) is 4. The summed E-state index contributed by atoms with van der Waals surface area (Å²) in [5.41, 5.74) is 8.40. The molecule has 22 heavy (non-hydrogen) atoms. The lowest BCUT2D eigenvalue weighted by molar-refractivity contribution is 0.471. The van der Waals surface area contributed by atoms with Crippen molar-refractivity contribution in [3.05, 3.63) is 35.4 Å². The lowest BCUT2D eigenvalue weighted by Crippen LogP contribution is -2.43. The minimum Gasteiger partial charge on any atom is -0.329 e. The number of unbranched alkanes of at least 4 members (excludes halogenated alkanes) is 1. The van der Waals surface area contributed by atoms with Gasteiger partial charge in [0.25, 0.3) is 0 Å². The predicted molar refractivity (Wildman–Crippen MR) is 96.4 cm³/mol. The van der Waals surface area contributed by atoms with Gasteiger partial charge in [0.05, 0.1) is 0 Å². The van der Waals surface area contributed by atoms with Crippen molar-refractivity contribution in [2.24, 2.45) is 5.73 Å². The van der Waals surface area contributed by atoms with Gasteiger partial charge in [-0.25, -0.2) is 0 Å². The fourth-order valence-electron chi connectivity index (χ4n) is 2.50. The maximum atomic E-state index is 5.55. The van der Waals surface area contributed by atoms with Crippen molar-refractivity contribution < 1.29 is 0 Å². The molecule has 1 rings (SSSR count). The Labute approximate surface area is 136 Å². The maximum absolute atomic E-state index is 5.55. The fourth-order valence-corrected chi connectivity index (χ4v) is 2.50. The van der Waals surface area contributed by atoms with Gasteiger partial charge in [0.15, 0.2) is 0 Å². The first kappa shape index (κ1) is 19.1. The third-order valence-electron chi connectivity index (χ3n) is 3.84. The first-order valence-corrected chi connectivity index (χ1v) is 8.66. The highest BCUT2D eigenvalue weighted by Gasteiger charge is 2.08. The average Bonchev–Trinajstić information content (AvgIpc) is 2.54. The summed E-state index contributed by atoms with van der Waals surface area (Å²) in [5.74, 6) is 0. The van der Waals surface area contributed by atoms with Crippen LogP contribution in [0.1, 0.15) is 30.9 Å². The Morgan fingerprint density at radius 2 is 1.77 bits per heavy atom. The van der Waals surface area contributed by atoms with E-state index in [0.29, 0.717) is 12.6 Å². The Balaban J connectivity index is 2.47. The lowest BCUT2D eigenvalue weighted by atomic mass is 10.0. The number of hydrogen-bond acceptors (Lipinski definition) is 4. The summed E-state index contributed by atoms with van der Waals surface area (Å²) in [7, 11) is 1.98. The molecule has 0 aliphatic rings. The molecule has 1 unspecified atom stereocenters. The standard InChI is InChI=1S/C18H34N4/c1-3-4-5-16-6-8-17(9-7-16)14-18(15-21-11-10-19)22-13-12-20-2/h6-9,18,20-22H,3-5,10-15,19H2,1-2H3. The quantitative estimate of drug-likeness (QED) is 0.415. The van der Waals surface area contributed by atoms with Crippen LogP contribution in [0.15, 0.2) is 24.3 Å². The molecule has 0 aliphatic carbocycles. The van der Waals surface area contributed by atoms with E-state index in [1.807, 2.05) is 7.05 Å². The molecular formula is C18H34N4. The Hall–Kier alpha value is -0.940. The summed E-state index contributed by atoms with van der Waals surface area (Å²) in [5, 5.41) is 10.2. The van der Waals surface area contributed by atoms with Crippen molar-refractivity contribution in [1.82, 2.24) is 16.0 Å². The zero-order chi connectivity index (χ0) is 16.0. The van der Waals surface area contributed by atoms with Gasteiger partial charge in [-0.2, -0.15) is 0 Å². The van der Waals surface area contributed by atoms with Crippen LogP contribution in [0.25, 0.3) is 0 Å². The second-order valence-corrected chi connectivity index (χ2v) is 5.87. The molecule has 1 atom stereocenters. The van der Waals surface area contributed by atoms with Gasteiger partial charge in [-0.05, 0) is 37.4 Å². The molecule has 0 bridgehead atoms. The fraction of sp³-hybridized carbons (Fsp3) is 0.667. The van der Waals surface area contributed by atoms with Crippen molar-refractivity contribution >= 4 is 0 Å². The molecule has 126 valence electrons. The predicted octanol–water partition coefficient (Wildman–Crippen LogP) is 1.30. The largest absolute Gasteiger partial charge is 0.329 e. The number of nitrogens with one attached hydrogen (secondary N) is 3. The van der Waals surface area contributed by atoms with Crippen LogP contribution >= 0.6 is 0 Å². The van der Waals surface area contributed by atoms with Crippen molar-refractivity contribution in [2.45, 2.75) is 38.6 Å². The minimum absolute atomic E-state index is 0.446. The molecule has 0 aromatic heterocycles. The van der Waals surface area contributed by atoms with E-state index in [0.717, 1.165) is 32.6 Å². The van der Waals surface area contributed by atoms with E-state index >= 15 is 0 Å². The van der Waals surface area contributed by atoms with Gasteiger partial charge in [-0.15, -0.1) is 0 Å². The molecule has 4 heteroatoms. The highest BCUT2D eigenvalue weighted by atomic mass is 15.0. The van der Waals surface area contributed by atoms with Gasteiger partial charge in [0.1, 0.15) is 0 Å². The van der Waals surface area contributed by atoms with Crippen molar-refractivity contribution in [3.63, 3.8) is 0 Å². The summed E-state index contributed by atoms with van der Waals surface area (Å²) in [6, 6.07) is 9.56. The second-order valence-electron chi connectivity index (χ2n) is 5.87. The normalized spacial score (nSPS) is 12.5. The molecule has 0 saturated carbocycles. The molecule has 0 spiro atoms. The van der Waals surface area contributed by atoms with Gasteiger partial charge in [-0.1, -0.05) is 37.6 Å². The van der Waals surface area contributed by atoms with Gasteiger partial charge in [-0.3, -0.25) is 0 Å². The first-order chi connectivity index (χ1) is 10.8. The summed E-state index contributed by atoms with van der Waals surface area (Å²) >= 11 is 0. The molecule has 0 fully saturated rings. The van der Waals surface area contributed by atoms with Crippen molar-refractivity contribution in [2.75, 3.05) is 39.8 Å². The van der Waals surface area contributed by atoms with Crippen LogP contribution in [-0.2, 0) is 12.8 Å². The number of rotatable bonds is 13. The van der Waals surface area contributed by atoms with Crippen LogP contribution in [0.5, 0.6) is 0 Å². The zero-order valence-electron chi connectivity index (χ0n) is 14.3. The monoisotopic (exact) mass is 306 g/mol. The number of aryl methyl sites for hydroxylation is 1. The van der Waals surface area contributed by atoms with E-state index in [-0.39, 0.29) is 0 Å². The van der Waals surface area contributed by atoms with Crippen LogP contribution in [0, 0.1) is 0 Å². The molecule has 1 aromatic carbocycles. The third kappa shape index (κ3) is 8.49. The molecule has 4 nitrogen and oxygen atoms in total. The van der Waals surface area contributed by atoms with Crippen LogP contribution in [0.3, 0.4) is 0 Å². The van der Waals surface area contributed by atoms with Gasteiger partial charge in [0.2, 0.25) is 0 Å². The molecule has 0 heterocycles. The lowest BCUT2D eigenvalue weighted by Gasteiger charge is -2.19. The Bertz CT molecular complexity index is 354. The Morgan fingerprint density at radius 3 is 2.41 bits per heavy atom. The van der Waals surface area contributed by atoms with E-state index in [4.69, 9.17) is 5.73 Å². The molecule has 0 amide bonds. The third-order valence-corrected chi connectivity index (χ3v) is 3.84. The van der Waals surface area contributed by atoms with Crippen LogP contribution in [-0.4, -0.2) is 45.8 Å². The summed E-state index contributed by atoms with van der Waals surface area (Å²) in [4.78, 5) is 0.